The number of nitrogens with zero attached hydrogens (tertiary/aromatic N) is 3. The molecule has 36 heavy (non-hydrogen) atoms. The number of benzene rings is 3. The molecule has 1 aliphatic heterocycles. The van der Waals surface area contributed by atoms with Crippen LogP contribution in [-0.4, -0.2) is 16.5 Å². The summed E-state index contributed by atoms with van der Waals surface area (Å²) in [4.78, 5) is 12.5. The minimum Gasteiger partial charge on any atom is -0.337 e. The topological polar surface area (TPSA) is 41.1 Å². The maximum atomic E-state index is 5.15. The third-order valence-electron chi connectivity index (χ3n) is 7.26. The van der Waals surface area contributed by atoms with Crippen molar-refractivity contribution in [3.8, 4) is 0 Å². The first-order valence-corrected chi connectivity index (χ1v) is 12.9. The number of hydrogen-bond acceptors (Lipinski definition) is 4. The van der Waals surface area contributed by atoms with Crippen molar-refractivity contribution >= 4 is 34.0 Å². The highest BCUT2D eigenvalue weighted by Crippen LogP contribution is 2.47. The Bertz CT molecular complexity index is 1420. The number of hydrogen-bond donors (Lipinski definition) is 1. The van der Waals surface area contributed by atoms with Crippen molar-refractivity contribution in [2.24, 2.45) is 0 Å². The summed E-state index contributed by atoms with van der Waals surface area (Å²) >= 11 is 0. The van der Waals surface area contributed by atoms with Crippen molar-refractivity contribution in [1.82, 2.24) is 9.97 Å². The van der Waals surface area contributed by atoms with Crippen LogP contribution < -0.4 is 10.2 Å². The summed E-state index contributed by atoms with van der Waals surface area (Å²) in [5, 5.41) is 3.60. The summed E-state index contributed by atoms with van der Waals surface area (Å²) in [5.41, 5.74) is 8.26. The number of anilines is 4. The van der Waals surface area contributed by atoms with Crippen LogP contribution in [0.25, 0.3) is 11.0 Å². The van der Waals surface area contributed by atoms with E-state index in [2.05, 4.69) is 108 Å². The van der Waals surface area contributed by atoms with Crippen molar-refractivity contribution in [1.29, 1.82) is 0 Å². The van der Waals surface area contributed by atoms with E-state index in [9.17, 15) is 0 Å². The Morgan fingerprint density at radius 1 is 0.750 bits per heavy atom. The summed E-state index contributed by atoms with van der Waals surface area (Å²) in [5.74, 6) is 1.64. The summed E-state index contributed by atoms with van der Waals surface area (Å²) in [6, 6.07) is 23.7. The van der Waals surface area contributed by atoms with E-state index in [0.717, 1.165) is 34.9 Å². The lowest BCUT2D eigenvalue weighted by atomic mass is 9.81. The van der Waals surface area contributed by atoms with Crippen LogP contribution in [0.3, 0.4) is 0 Å². The Hall–Kier alpha value is -3.40. The lowest BCUT2D eigenvalue weighted by Gasteiger charge is -2.24. The monoisotopic (exact) mass is 478 g/mol. The zero-order chi connectivity index (χ0) is 25.9. The number of fused-ring (bicyclic) bond motifs is 2. The molecular weight excluding hydrogens is 440 g/mol. The molecule has 4 nitrogen and oxygen atoms in total. The highest BCUT2D eigenvalue weighted by molar-refractivity contribution is 5.86. The quantitative estimate of drug-likeness (QED) is 0.321. The minimum absolute atomic E-state index is 0.00442. The fourth-order valence-electron chi connectivity index (χ4n) is 4.99. The van der Waals surface area contributed by atoms with Crippen molar-refractivity contribution in [2.75, 3.05) is 16.8 Å². The SMILES string of the molecule is CC(C)(C)c1ccc(Nc2nc3ccccc3nc2N2CC(C)(C)c3cc(C(C)(C)C)ccc32)cc1. The average Bonchev–Trinajstić information content (AvgIpc) is 3.08. The normalized spacial score (nSPS) is 15.3. The van der Waals surface area contributed by atoms with Gasteiger partial charge in [0.2, 0.25) is 0 Å². The van der Waals surface area contributed by atoms with Gasteiger partial charge in [-0.1, -0.05) is 91.8 Å². The third kappa shape index (κ3) is 4.45. The highest BCUT2D eigenvalue weighted by Gasteiger charge is 2.38. The third-order valence-corrected chi connectivity index (χ3v) is 7.26. The zero-order valence-electron chi connectivity index (χ0n) is 22.9. The molecule has 0 radical (unpaired) electrons. The van der Waals surface area contributed by atoms with E-state index in [1.807, 2.05) is 24.3 Å². The van der Waals surface area contributed by atoms with E-state index in [0.29, 0.717) is 0 Å². The van der Waals surface area contributed by atoms with Gasteiger partial charge in [0, 0.05) is 23.3 Å². The van der Waals surface area contributed by atoms with Gasteiger partial charge in [-0.05, 0) is 57.9 Å². The lowest BCUT2D eigenvalue weighted by molar-refractivity contribution is 0.559. The van der Waals surface area contributed by atoms with Gasteiger partial charge < -0.3 is 10.2 Å². The minimum atomic E-state index is -0.00442. The first-order valence-electron chi connectivity index (χ1n) is 12.9. The second-order valence-corrected chi connectivity index (χ2v) is 12.8. The molecule has 3 aromatic carbocycles. The summed E-state index contributed by atoms with van der Waals surface area (Å²) in [6.07, 6.45) is 0. The molecule has 1 aromatic heterocycles. The number of rotatable bonds is 3. The van der Waals surface area contributed by atoms with Gasteiger partial charge in [-0.3, -0.25) is 0 Å². The first kappa shape index (κ1) is 24.3. The largest absolute Gasteiger partial charge is 0.337 e. The predicted molar refractivity (Wildman–Crippen MR) is 153 cm³/mol. The molecule has 0 aliphatic carbocycles. The Morgan fingerprint density at radius 2 is 1.33 bits per heavy atom. The van der Waals surface area contributed by atoms with E-state index < -0.39 is 0 Å². The van der Waals surface area contributed by atoms with Gasteiger partial charge in [-0.15, -0.1) is 0 Å². The van der Waals surface area contributed by atoms with Gasteiger partial charge >= 0.3 is 0 Å². The summed E-state index contributed by atoms with van der Waals surface area (Å²) in [7, 11) is 0. The molecule has 4 aromatic rings. The smallest absolute Gasteiger partial charge is 0.177 e. The standard InChI is InChI=1S/C32H38N4/c1-30(2,3)21-13-16-23(17-14-21)33-28-29(35-26-12-10-9-11-25(26)34-28)36-20-32(7,8)24-19-22(31(4,5)6)15-18-27(24)36/h9-19H,20H2,1-8H3,(H,33,34). The van der Waals surface area contributed by atoms with Crippen LogP contribution in [0.15, 0.2) is 66.7 Å². The number of aromatic nitrogens is 2. The summed E-state index contributed by atoms with van der Waals surface area (Å²) in [6.45, 7) is 19.0. The van der Waals surface area contributed by atoms with Gasteiger partial charge in [0.1, 0.15) is 0 Å². The van der Waals surface area contributed by atoms with E-state index in [-0.39, 0.29) is 16.2 Å². The predicted octanol–water partition coefficient (Wildman–Crippen LogP) is 8.40. The molecule has 0 atom stereocenters. The van der Waals surface area contributed by atoms with Crippen LogP contribution in [0.5, 0.6) is 0 Å². The van der Waals surface area contributed by atoms with Gasteiger partial charge in [-0.2, -0.15) is 0 Å². The van der Waals surface area contributed by atoms with Crippen molar-refractivity contribution in [2.45, 2.75) is 71.6 Å². The van der Waals surface area contributed by atoms with Crippen LogP contribution in [0.1, 0.15) is 72.1 Å². The lowest BCUT2D eigenvalue weighted by Crippen LogP contribution is -2.26. The Labute approximate surface area is 215 Å². The van der Waals surface area contributed by atoms with E-state index in [1.165, 1.54) is 22.4 Å². The second kappa shape index (κ2) is 8.33. The molecule has 4 heteroatoms. The number of nitrogens with one attached hydrogen (secondary N) is 1. The molecule has 0 amide bonds. The van der Waals surface area contributed by atoms with Crippen molar-refractivity contribution in [3.05, 3.63) is 83.4 Å². The van der Waals surface area contributed by atoms with E-state index in [4.69, 9.17) is 9.97 Å². The molecule has 0 unspecified atom stereocenters. The van der Waals surface area contributed by atoms with Crippen LogP contribution in [0.2, 0.25) is 0 Å². The zero-order valence-corrected chi connectivity index (χ0v) is 22.9. The average molecular weight is 479 g/mol. The molecular formula is C32H38N4. The molecule has 1 N–H and O–H groups in total. The molecule has 0 bridgehead atoms. The van der Waals surface area contributed by atoms with Gasteiger partial charge in [0.05, 0.1) is 11.0 Å². The fraction of sp³-hybridized carbons (Fsp3) is 0.375. The van der Waals surface area contributed by atoms with Crippen LogP contribution >= 0.6 is 0 Å². The fourth-order valence-corrected chi connectivity index (χ4v) is 4.99. The molecule has 186 valence electrons. The molecule has 0 saturated carbocycles. The number of para-hydroxylation sites is 2. The maximum absolute atomic E-state index is 5.15. The molecule has 0 fully saturated rings. The van der Waals surface area contributed by atoms with E-state index >= 15 is 0 Å². The maximum Gasteiger partial charge on any atom is 0.177 e. The van der Waals surface area contributed by atoms with Crippen molar-refractivity contribution < 1.29 is 0 Å². The molecule has 5 rings (SSSR count). The Morgan fingerprint density at radius 3 is 1.94 bits per heavy atom. The van der Waals surface area contributed by atoms with Gasteiger partial charge in [0.25, 0.3) is 0 Å². The van der Waals surface area contributed by atoms with Crippen LogP contribution in [0, 0.1) is 0 Å². The molecule has 0 saturated heterocycles. The van der Waals surface area contributed by atoms with Crippen LogP contribution in [0.4, 0.5) is 23.0 Å². The van der Waals surface area contributed by atoms with E-state index in [1.54, 1.807) is 0 Å². The van der Waals surface area contributed by atoms with Crippen molar-refractivity contribution in [3.63, 3.8) is 0 Å². The van der Waals surface area contributed by atoms with Gasteiger partial charge in [0.15, 0.2) is 11.6 Å². The molecule has 1 aliphatic rings. The Balaban J connectivity index is 1.62. The van der Waals surface area contributed by atoms with Gasteiger partial charge in [-0.25, -0.2) is 9.97 Å². The highest BCUT2D eigenvalue weighted by atomic mass is 15.3. The summed E-state index contributed by atoms with van der Waals surface area (Å²) < 4.78 is 0. The molecule has 0 spiro atoms. The Kier molecular flexibility index (Phi) is 5.62. The van der Waals surface area contributed by atoms with Crippen LogP contribution in [-0.2, 0) is 16.2 Å². The molecule has 2 heterocycles. The second-order valence-electron chi connectivity index (χ2n) is 12.8. The first-order chi connectivity index (χ1) is 16.8.